The van der Waals surface area contributed by atoms with E-state index in [0.29, 0.717) is 13.1 Å². The van der Waals surface area contributed by atoms with Crippen molar-refractivity contribution in [2.24, 2.45) is 0 Å². The van der Waals surface area contributed by atoms with Crippen molar-refractivity contribution >= 4 is 29.0 Å². The molecule has 6 nitrogen and oxygen atoms in total. The second-order valence-corrected chi connectivity index (χ2v) is 6.97. The van der Waals surface area contributed by atoms with Crippen molar-refractivity contribution in [1.82, 2.24) is 5.32 Å². The van der Waals surface area contributed by atoms with Gasteiger partial charge in [0.2, 0.25) is 5.91 Å². The normalized spacial score (nSPS) is 11.6. The molecule has 0 saturated heterocycles. The van der Waals surface area contributed by atoms with Gasteiger partial charge in [-0.3, -0.25) is 14.9 Å². The van der Waals surface area contributed by atoms with Crippen molar-refractivity contribution in [1.29, 1.82) is 0 Å². The van der Waals surface area contributed by atoms with Gasteiger partial charge in [-0.2, -0.15) is 0 Å². The first-order chi connectivity index (χ1) is 12.0. The van der Waals surface area contributed by atoms with E-state index >= 15 is 0 Å². The maximum absolute atomic E-state index is 12.2. The Hall–Kier alpha value is -2.54. The van der Waals surface area contributed by atoms with E-state index in [9.17, 15) is 14.9 Å². The monoisotopic (exact) mass is 359 g/mol. The number of nitro benzene ring substituents is 1. The summed E-state index contributed by atoms with van der Waals surface area (Å²) in [5.74, 6) is -0.0511. The molecule has 2 rings (SSSR count). The summed E-state index contributed by atoms with van der Waals surface area (Å²) in [5.41, 5.74) is 1.15. The predicted molar refractivity (Wildman–Crippen MR) is 101 cm³/mol. The fourth-order valence-corrected chi connectivity index (χ4v) is 3.10. The summed E-state index contributed by atoms with van der Waals surface area (Å²) < 4.78 is 0. The standard InChI is InChI=1S/C18H21N3O3S/c1-14(25-17-10-8-16(9-11-17)21(23)24)18(22)19-12-13-20(2)15-6-4-3-5-7-15/h3-11,14H,12-13H2,1-2H3,(H,19,22). The van der Waals surface area contributed by atoms with Crippen LogP contribution in [0.3, 0.4) is 0 Å². The number of rotatable bonds is 8. The Morgan fingerprint density at radius 1 is 1.20 bits per heavy atom. The predicted octanol–water partition coefficient (Wildman–Crippen LogP) is 3.33. The van der Waals surface area contributed by atoms with E-state index in [1.165, 1.54) is 23.9 Å². The number of thioether (sulfide) groups is 1. The van der Waals surface area contributed by atoms with Gasteiger partial charge in [0.05, 0.1) is 10.2 Å². The number of amides is 1. The van der Waals surface area contributed by atoms with Crippen LogP contribution < -0.4 is 10.2 Å². The number of nitrogens with zero attached hydrogens (tertiary/aromatic N) is 2. The summed E-state index contributed by atoms with van der Waals surface area (Å²) in [6.45, 7) is 3.09. The number of non-ortho nitro benzene ring substituents is 1. The Balaban J connectivity index is 1.77. The van der Waals surface area contributed by atoms with Gasteiger partial charge in [-0.05, 0) is 31.2 Å². The molecule has 1 atom stereocenters. The van der Waals surface area contributed by atoms with Crippen LogP contribution in [0.4, 0.5) is 11.4 Å². The molecule has 7 heteroatoms. The molecule has 1 unspecified atom stereocenters. The van der Waals surface area contributed by atoms with Crippen LogP contribution in [-0.4, -0.2) is 36.2 Å². The van der Waals surface area contributed by atoms with E-state index in [1.54, 1.807) is 12.1 Å². The van der Waals surface area contributed by atoms with Gasteiger partial charge in [0.1, 0.15) is 0 Å². The average molecular weight is 359 g/mol. The number of nitro groups is 1. The lowest BCUT2D eigenvalue weighted by Crippen LogP contribution is -2.36. The molecule has 0 fully saturated rings. The Labute approximate surface area is 151 Å². The number of anilines is 1. The largest absolute Gasteiger partial charge is 0.373 e. The second-order valence-electron chi connectivity index (χ2n) is 5.56. The average Bonchev–Trinajstić information content (AvgIpc) is 2.62. The highest BCUT2D eigenvalue weighted by Crippen LogP contribution is 2.25. The first-order valence-corrected chi connectivity index (χ1v) is 8.80. The number of likely N-dealkylation sites (N-methyl/N-ethyl adjacent to an activating group) is 1. The maximum Gasteiger partial charge on any atom is 0.269 e. The summed E-state index contributed by atoms with van der Waals surface area (Å²) in [6, 6.07) is 16.2. The summed E-state index contributed by atoms with van der Waals surface area (Å²) in [7, 11) is 1.98. The van der Waals surface area contributed by atoms with Gasteiger partial charge in [0, 0.05) is 42.9 Å². The van der Waals surface area contributed by atoms with E-state index < -0.39 is 4.92 Å². The first-order valence-electron chi connectivity index (χ1n) is 7.92. The van der Waals surface area contributed by atoms with Crippen LogP contribution in [0.15, 0.2) is 59.5 Å². The fourth-order valence-electron chi connectivity index (χ4n) is 2.21. The van der Waals surface area contributed by atoms with Crippen LogP contribution in [0.2, 0.25) is 0 Å². The van der Waals surface area contributed by atoms with Gasteiger partial charge in [0.25, 0.3) is 5.69 Å². The van der Waals surface area contributed by atoms with Crippen molar-refractivity contribution in [2.75, 3.05) is 25.0 Å². The van der Waals surface area contributed by atoms with Crippen LogP contribution in [0.1, 0.15) is 6.92 Å². The van der Waals surface area contributed by atoms with E-state index in [2.05, 4.69) is 10.2 Å². The molecular formula is C18H21N3O3S. The van der Waals surface area contributed by atoms with Gasteiger partial charge in [-0.25, -0.2) is 0 Å². The number of hydrogen-bond acceptors (Lipinski definition) is 5. The smallest absolute Gasteiger partial charge is 0.269 e. The molecule has 132 valence electrons. The maximum atomic E-state index is 12.2. The molecule has 0 saturated carbocycles. The van der Waals surface area contributed by atoms with E-state index in [-0.39, 0.29) is 16.8 Å². The lowest BCUT2D eigenvalue weighted by molar-refractivity contribution is -0.384. The zero-order valence-electron chi connectivity index (χ0n) is 14.2. The van der Waals surface area contributed by atoms with Gasteiger partial charge in [0.15, 0.2) is 0 Å². The molecule has 0 aliphatic rings. The van der Waals surface area contributed by atoms with Gasteiger partial charge < -0.3 is 10.2 Å². The number of benzene rings is 2. The zero-order valence-corrected chi connectivity index (χ0v) is 15.0. The first kappa shape index (κ1) is 18.8. The Morgan fingerprint density at radius 2 is 1.84 bits per heavy atom. The SMILES string of the molecule is CC(Sc1ccc([N+](=O)[O-])cc1)C(=O)NCCN(C)c1ccccc1. The Bertz CT molecular complexity index is 707. The molecule has 0 aromatic heterocycles. The van der Waals surface area contributed by atoms with Crippen molar-refractivity contribution < 1.29 is 9.72 Å². The molecule has 0 bridgehead atoms. The molecule has 25 heavy (non-hydrogen) atoms. The van der Waals surface area contributed by atoms with Crippen LogP contribution in [0.25, 0.3) is 0 Å². The van der Waals surface area contributed by atoms with Gasteiger partial charge in [-0.15, -0.1) is 11.8 Å². The summed E-state index contributed by atoms with van der Waals surface area (Å²) >= 11 is 1.38. The van der Waals surface area contributed by atoms with E-state index in [0.717, 1.165) is 10.6 Å². The highest BCUT2D eigenvalue weighted by Gasteiger charge is 2.15. The van der Waals surface area contributed by atoms with Crippen LogP contribution >= 0.6 is 11.8 Å². The minimum absolute atomic E-state index is 0.0467. The molecule has 0 spiro atoms. The van der Waals surface area contributed by atoms with E-state index in [4.69, 9.17) is 0 Å². The molecular weight excluding hydrogens is 338 g/mol. The minimum Gasteiger partial charge on any atom is -0.373 e. The van der Waals surface area contributed by atoms with Gasteiger partial charge in [-0.1, -0.05) is 18.2 Å². The third-order valence-electron chi connectivity index (χ3n) is 3.67. The van der Waals surface area contributed by atoms with Crippen molar-refractivity contribution in [2.45, 2.75) is 17.1 Å². The zero-order chi connectivity index (χ0) is 18.2. The quantitative estimate of drug-likeness (QED) is 0.444. The molecule has 1 amide bonds. The number of carbonyl (C=O) groups excluding carboxylic acids is 1. The molecule has 2 aromatic carbocycles. The Kier molecular flexibility index (Phi) is 6.82. The minimum atomic E-state index is -0.437. The topological polar surface area (TPSA) is 75.5 Å². The van der Waals surface area contributed by atoms with E-state index in [1.807, 2.05) is 44.3 Å². The molecule has 1 N–H and O–H groups in total. The van der Waals surface area contributed by atoms with Crippen LogP contribution in [0.5, 0.6) is 0 Å². The highest BCUT2D eigenvalue weighted by atomic mass is 32.2. The fraction of sp³-hybridized carbons (Fsp3) is 0.278. The third-order valence-corrected chi connectivity index (χ3v) is 4.78. The highest BCUT2D eigenvalue weighted by molar-refractivity contribution is 8.00. The molecule has 2 aromatic rings. The lowest BCUT2D eigenvalue weighted by Gasteiger charge is -2.20. The third kappa shape index (κ3) is 5.79. The van der Waals surface area contributed by atoms with Gasteiger partial charge >= 0.3 is 0 Å². The number of carbonyl (C=O) groups is 1. The molecule has 0 radical (unpaired) electrons. The second kappa shape index (κ2) is 9.08. The lowest BCUT2D eigenvalue weighted by atomic mass is 10.3. The number of hydrogen-bond donors (Lipinski definition) is 1. The molecule has 0 aliphatic carbocycles. The van der Waals surface area contributed by atoms with Crippen LogP contribution in [0, 0.1) is 10.1 Å². The van der Waals surface area contributed by atoms with Crippen molar-refractivity contribution in [3.05, 3.63) is 64.7 Å². The van der Waals surface area contributed by atoms with Crippen LogP contribution in [-0.2, 0) is 4.79 Å². The molecule has 0 aliphatic heterocycles. The van der Waals surface area contributed by atoms with Crippen molar-refractivity contribution in [3.63, 3.8) is 0 Å². The summed E-state index contributed by atoms with van der Waals surface area (Å²) in [4.78, 5) is 25.3. The Morgan fingerprint density at radius 3 is 2.44 bits per heavy atom. The summed E-state index contributed by atoms with van der Waals surface area (Å²) in [5, 5.41) is 13.3. The molecule has 0 heterocycles. The summed E-state index contributed by atoms with van der Waals surface area (Å²) in [6.07, 6.45) is 0. The number of para-hydroxylation sites is 1. The number of nitrogens with one attached hydrogen (secondary N) is 1. The van der Waals surface area contributed by atoms with Crippen molar-refractivity contribution in [3.8, 4) is 0 Å².